The number of rotatable bonds is 5. The smallest absolute Gasteiger partial charge is 0.280 e. The first kappa shape index (κ1) is 22.6. The zero-order chi connectivity index (χ0) is 20.0. The maximum Gasteiger partial charge on any atom is 0.527 e. The van der Waals surface area contributed by atoms with Gasteiger partial charge < -0.3 is 0 Å². The molecule has 0 fully saturated rings. The second-order valence-corrected chi connectivity index (χ2v) is 3.60. The lowest BCUT2D eigenvalue weighted by Crippen LogP contribution is -2.63. The summed E-state index contributed by atoms with van der Waals surface area (Å²) in [6.07, 6.45) is -35.3. The van der Waals surface area contributed by atoms with E-state index < -0.39 is 42.6 Å². The molecule has 0 aromatic carbocycles. The Labute approximate surface area is 120 Å². The van der Waals surface area contributed by atoms with E-state index >= 15 is 0 Å². The van der Waals surface area contributed by atoms with E-state index in [1.54, 1.807) is 0 Å². The van der Waals surface area contributed by atoms with E-state index in [-0.39, 0.29) is 0 Å². The van der Waals surface area contributed by atoms with Crippen molar-refractivity contribution < 1.29 is 75.7 Å². The minimum absolute atomic E-state index is 1.35. The molecule has 144 valence electrons. The maximum atomic E-state index is 13.1. The number of Topliss-reactive ketones (excluding diaryl/α,β-unsaturated/α-hetero) is 1. The van der Waals surface area contributed by atoms with Gasteiger partial charge in [-0.1, -0.05) is 0 Å². The van der Waals surface area contributed by atoms with Crippen LogP contribution in [0.15, 0.2) is 0 Å². The highest BCUT2D eigenvalue weighted by atomic mass is 19.4. The normalized spacial score (nSPS) is 17.6. The summed E-state index contributed by atoms with van der Waals surface area (Å²) in [5.74, 6) is -12.1. The van der Waals surface area contributed by atoms with Crippen molar-refractivity contribution in [1.82, 2.24) is 0 Å². The molecule has 0 spiro atoms. The van der Waals surface area contributed by atoms with Crippen molar-refractivity contribution in [2.45, 2.75) is 36.8 Å². The Morgan fingerprint density at radius 1 is 0.625 bits per heavy atom. The second-order valence-electron chi connectivity index (χ2n) is 3.60. The zero-order valence-electron chi connectivity index (χ0n) is 10.0. The lowest BCUT2D eigenvalue weighted by atomic mass is 10.2. The van der Waals surface area contributed by atoms with Gasteiger partial charge in [-0.15, -0.1) is 13.2 Å². The summed E-state index contributed by atoms with van der Waals surface area (Å²) in [7, 11) is 0. The van der Waals surface area contributed by atoms with Gasteiger partial charge in [0.1, 0.15) is 0 Å². The molecule has 1 atom stereocenters. The van der Waals surface area contributed by atoms with Gasteiger partial charge in [0.2, 0.25) is 0 Å². The highest BCUT2D eigenvalue weighted by Gasteiger charge is 2.80. The third kappa shape index (κ3) is 4.81. The average molecular weight is 398 g/mol. The molecule has 0 bridgehead atoms. The van der Waals surface area contributed by atoms with Crippen molar-refractivity contribution in [2.75, 3.05) is 0 Å². The minimum atomic E-state index is -7.49. The van der Waals surface area contributed by atoms with Crippen LogP contribution in [-0.2, 0) is 14.3 Å². The lowest BCUT2D eigenvalue weighted by Gasteiger charge is -2.35. The lowest BCUT2D eigenvalue weighted by molar-refractivity contribution is -0.535. The van der Waals surface area contributed by atoms with E-state index in [9.17, 15) is 66.3 Å². The predicted molar refractivity (Wildman–Crippen MR) is 39.1 cm³/mol. The fraction of sp³-hybridized carbons (Fsp3) is 0.857. The van der Waals surface area contributed by atoms with Crippen LogP contribution in [0.1, 0.15) is 0 Å². The van der Waals surface area contributed by atoms with Gasteiger partial charge in [-0.25, -0.2) is 4.74 Å². The molecule has 24 heavy (non-hydrogen) atoms. The van der Waals surface area contributed by atoms with E-state index in [0.29, 0.717) is 0 Å². The van der Waals surface area contributed by atoms with Gasteiger partial charge in [0, 0.05) is 0 Å². The third-order valence-electron chi connectivity index (χ3n) is 1.77. The topological polar surface area (TPSA) is 35.5 Å². The Morgan fingerprint density at radius 2 is 1.00 bits per heavy atom. The Hall–Kier alpha value is -1.39. The molecule has 0 aromatic rings. The van der Waals surface area contributed by atoms with E-state index in [1.165, 1.54) is 9.47 Å². The highest BCUT2D eigenvalue weighted by molar-refractivity contribution is 5.89. The van der Waals surface area contributed by atoms with Crippen LogP contribution in [0.2, 0.25) is 0 Å². The molecule has 0 rings (SSSR count). The molecule has 0 aromatic heterocycles. The van der Waals surface area contributed by atoms with E-state index in [4.69, 9.17) is 0 Å². The van der Waals surface area contributed by atoms with Crippen molar-refractivity contribution in [2.24, 2.45) is 0 Å². The number of hydrogen-bond donors (Lipinski definition) is 0. The van der Waals surface area contributed by atoms with Gasteiger partial charge in [0.15, 0.2) is 0 Å². The Bertz CT molecular complexity index is 472. The van der Waals surface area contributed by atoms with Crippen LogP contribution in [0.3, 0.4) is 0 Å². The first-order valence-electron chi connectivity index (χ1n) is 4.67. The molecule has 0 heterocycles. The first-order chi connectivity index (χ1) is 10.1. The molecule has 17 heteroatoms. The highest BCUT2D eigenvalue weighted by Crippen LogP contribution is 2.51. The SMILES string of the molecule is O=C(C(F)(F)F)C(F)(F)OC(F)(C(F)(F)F)C(F)(F)OC(F)(F)F. The van der Waals surface area contributed by atoms with Crippen LogP contribution < -0.4 is 0 Å². The summed E-state index contributed by atoms with van der Waals surface area (Å²) < 4.78 is 172. The molecule has 0 saturated carbocycles. The summed E-state index contributed by atoms with van der Waals surface area (Å²) in [6.45, 7) is 0. The van der Waals surface area contributed by atoms with Crippen LogP contribution in [0.5, 0.6) is 0 Å². The molecular weight excluding hydrogens is 398 g/mol. The van der Waals surface area contributed by atoms with Crippen LogP contribution >= 0.6 is 0 Å². The van der Waals surface area contributed by atoms with Crippen LogP contribution in [0, 0.1) is 0 Å². The van der Waals surface area contributed by atoms with Gasteiger partial charge in [-0.2, -0.15) is 48.3 Å². The molecule has 0 aliphatic rings. The van der Waals surface area contributed by atoms with Crippen LogP contribution in [0.4, 0.5) is 61.5 Å². The van der Waals surface area contributed by atoms with E-state index in [0.717, 1.165) is 0 Å². The molecular formula is C7F14O3. The quantitative estimate of drug-likeness (QED) is 0.655. The summed E-state index contributed by atoms with van der Waals surface area (Å²) in [5, 5.41) is 0. The van der Waals surface area contributed by atoms with Gasteiger partial charge in [0.25, 0.3) is 0 Å². The second kappa shape index (κ2) is 5.85. The third-order valence-corrected chi connectivity index (χ3v) is 1.77. The van der Waals surface area contributed by atoms with Crippen molar-refractivity contribution in [1.29, 1.82) is 0 Å². The molecule has 0 saturated heterocycles. The molecule has 0 amide bonds. The minimum Gasteiger partial charge on any atom is -0.280 e. The fourth-order valence-corrected chi connectivity index (χ4v) is 0.881. The maximum absolute atomic E-state index is 13.1. The van der Waals surface area contributed by atoms with E-state index in [2.05, 4.69) is 0 Å². The molecule has 0 N–H and O–H groups in total. The average Bonchev–Trinajstić information content (AvgIpc) is 2.20. The van der Waals surface area contributed by atoms with Gasteiger partial charge in [0.05, 0.1) is 0 Å². The number of halogens is 14. The first-order valence-corrected chi connectivity index (χ1v) is 4.67. The number of carbonyl (C=O) groups excluding carboxylic acids is 1. The Kier molecular flexibility index (Phi) is 5.51. The fourth-order valence-electron chi connectivity index (χ4n) is 0.881. The van der Waals surface area contributed by atoms with Crippen molar-refractivity contribution in [3.63, 3.8) is 0 Å². The van der Waals surface area contributed by atoms with Crippen molar-refractivity contribution in [3.8, 4) is 0 Å². The standard InChI is InChI=1S/C7F14O3/c8-2(9,10)1(22)3(11,12)23-4(13,5(14,15)16)6(17,18)24-7(19,20)21. The van der Waals surface area contributed by atoms with Gasteiger partial charge in [-0.3, -0.25) is 9.53 Å². The zero-order valence-corrected chi connectivity index (χ0v) is 10.0. The molecule has 3 nitrogen and oxygen atoms in total. The van der Waals surface area contributed by atoms with Gasteiger partial charge >= 0.3 is 42.6 Å². The molecule has 1 unspecified atom stereocenters. The number of carbonyl (C=O) groups is 1. The number of hydrogen-bond acceptors (Lipinski definition) is 3. The van der Waals surface area contributed by atoms with Crippen molar-refractivity contribution in [3.05, 3.63) is 0 Å². The number of ketones is 1. The summed E-state index contributed by atoms with van der Waals surface area (Å²) in [4.78, 5) is 10.1. The predicted octanol–water partition coefficient (Wildman–Crippen LogP) is 4.08. The molecule has 0 aliphatic carbocycles. The number of ether oxygens (including phenoxy) is 2. The largest absolute Gasteiger partial charge is 0.527 e. The summed E-state index contributed by atoms with van der Waals surface area (Å²) in [6, 6.07) is 0. The molecule has 0 radical (unpaired) electrons. The Balaban J connectivity index is 6.03. The summed E-state index contributed by atoms with van der Waals surface area (Å²) >= 11 is 0. The van der Waals surface area contributed by atoms with E-state index in [1.807, 2.05) is 0 Å². The van der Waals surface area contributed by atoms with Crippen molar-refractivity contribution >= 4 is 5.78 Å². The summed E-state index contributed by atoms with van der Waals surface area (Å²) in [5.41, 5.74) is 0. The van der Waals surface area contributed by atoms with Crippen LogP contribution in [0.25, 0.3) is 0 Å². The monoisotopic (exact) mass is 398 g/mol. The molecule has 0 aliphatic heterocycles. The van der Waals surface area contributed by atoms with Crippen LogP contribution in [-0.4, -0.2) is 42.6 Å². The van der Waals surface area contributed by atoms with Gasteiger partial charge in [-0.05, 0) is 0 Å². The number of alkyl halides is 14. The Morgan fingerprint density at radius 3 is 1.25 bits per heavy atom.